The number of halogens is 2. The molecule has 1 aromatic heterocycles. The number of nitrogens with two attached hydrogens (primary N) is 1. The van der Waals surface area contributed by atoms with Gasteiger partial charge in [-0.25, -0.2) is 18.4 Å². The third-order valence-corrected chi connectivity index (χ3v) is 5.54. The van der Waals surface area contributed by atoms with Crippen LogP contribution in [-0.4, -0.2) is 51.0 Å². The molecule has 0 radical (unpaired) electrons. The second-order valence-corrected chi connectivity index (χ2v) is 7.28. The van der Waals surface area contributed by atoms with Gasteiger partial charge < -0.3 is 5.73 Å². The molecule has 5 atom stereocenters. The van der Waals surface area contributed by atoms with Gasteiger partial charge in [0.2, 0.25) is 0 Å². The lowest BCUT2D eigenvalue weighted by molar-refractivity contribution is 0.0690. The average Bonchev–Trinajstić information content (AvgIpc) is 3.24. The second kappa shape index (κ2) is 6.80. The summed E-state index contributed by atoms with van der Waals surface area (Å²) in [5, 5.41) is 4.32. The lowest BCUT2D eigenvalue weighted by Gasteiger charge is -2.39. The standard InChI is InChI=1S/C18H23F2N5/c19-14-3-1-12(2-4-14)13-5-17(18(6-13)25-11-22-10-23-25)24-8-15(20)7-16(21)9-24/h1-4,10-11,13,15-18H,5-9,21H2/t13?,15-,16-,17?,18?/m1/s1. The van der Waals surface area contributed by atoms with E-state index in [1.54, 1.807) is 6.33 Å². The van der Waals surface area contributed by atoms with Crippen LogP contribution in [0.4, 0.5) is 8.78 Å². The van der Waals surface area contributed by atoms with Crippen molar-refractivity contribution in [3.63, 3.8) is 0 Å². The SMILES string of the molecule is N[C@@H]1C[C@@H](F)CN(C2CC(c3ccc(F)cc3)CC2n2cncn2)C1. The molecule has 2 aromatic rings. The summed E-state index contributed by atoms with van der Waals surface area (Å²) < 4.78 is 29.2. The van der Waals surface area contributed by atoms with Crippen LogP contribution in [0.3, 0.4) is 0 Å². The summed E-state index contributed by atoms with van der Waals surface area (Å²) >= 11 is 0. The van der Waals surface area contributed by atoms with Gasteiger partial charge in [0.1, 0.15) is 24.6 Å². The van der Waals surface area contributed by atoms with Crippen LogP contribution in [0.25, 0.3) is 0 Å². The van der Waals surface area contributed by atoms with Crippen LogP contribution in [0.2, 0.25) is 0 Å². The Balaban J connectivity index is 1.59. The summed E-state index contributed by atoms with van der Waals surface area (Å²) in [6.07, 6.45) is 4.56. The number of alkyl halides is 1. The predicted octanol–water partition coefficient (Wildman–Crippen LogP) is 2.28. The minimum atomic E-state index is -0.884. The summed E-state index contributed by atoms with van der Waals surface area (Å²) in [5.41, 5.74) is 7.17. The molecule has 1 saturated carbocycles. The second-order valence-electron chi connectivity index (χ2n) is 7.28. The maximum atomic E-state index is 14.1. The molecule has 2 fully saturated rings. The number of hydrogen-bond donors (Lipinski definition) is 1. The van der Waals surface area contributed by atoms with Crippen molar-refractivity contribution < 1.29 is 8.78 Å². The highest BCUT2D eigenvalue weighted by molar-refractivity contribution is 5.23. The summed E-state index contributed by atoms with van der Waals surface area (Å²) in [6.45, 7) is 1.12. The number of likely N-dealkylation sites (tertiary alicyclic amines) is 1. The normalized spacial score (nSPS) is 33.6. The van der Waals surface area contributed by atoms with Crippen LogP contribution in [0.15, 0.2) is 36.9 Å². The maximum absolute atomic E-state index is 14.1. The molecule has 7 heteroatoms. The van der Waals surface area contributed by atoms with Crippen molar-refractivity contribution in [2.24, 2.45) is 5.73 Å². The summed E-state index contributed by atoms with van der Waals surface area (Å²) in [5.74, 6) is 0.0596. The molecule has 0 spiro atoms. The minimum absolute atomic E-state index is 0.120. The monoisotopic (exact) mass is 347 g/mol. The first-order chi connectivity index (χ1) is 12.1. The van der Waals surface area contributed by atoms with Crippen molar-refractivity contribution in [1.29, 1.82) is 0 Å². The number of nitrogens with zero attached hydrogens (tertiary/aromatic N) is 4. The molecule has 25 heavy (non-hydrogen) atoms. The molecule has 5 nitrogen and oxygen atoms in total. The molecule has 2 heterocycles. The first-order valence-electron chi connectivity index (χ1n) is 8.83. The zero-order valence-electron chi connectivity index (χ0n) is 14.0. The maximum Gasteiger partial charge on any atom is 0.137 e. The predicted molar refractivity (Wildman–Crippen MR) is 90.3 cm³/mol. The van der Waals surface area contributed by atoms with Gasteiger partial charge in [-0.1, -0.05) is 12.1 Å². The molecule has 134 valence electrons. The average molecular weight is 347 g/mol. The third kappa shape index (κ3) is 3.43. The van der Waals surface area contributed by atoms with E-state index in [-0.39, 0.29) is 29.9 Å². The lowest BCUT2D eigenvalue weighted by Crippen LogP contribution is -2.53. The van der Waals surface area contributed by atoms with Crippen LogP contribution in [-0.2, 0) is 0 Å². The van der Waals surface area contributed by atoms with Crippen LogP contribution < -0.4 is 5.73 Å². The van der Waals surface area contributed by atoms with Gasteiger partial charge in [-0.3, -0.25) is 4.90 Å². The summed E-state index contributed by atoms with van der Waals surface area (Å²) in [7, 11) is 0. The fourth-order valence-electron chi connectivity index (χ4n) is 4.44. The van der Waals surface area contributed by atoms with Gasteiger partial charge in [0.25, 0.3) is 0 Å². The largest absolute Gasteiger partial charge is 0.326 e. The zero-order valence-corrected chi connectivity index (χ0v) is 14.0. The number of hydrogen-bond acceptors (Lipinski definition) is 4. The Hall–Kier alpha value is -1.86. The van der Waals surface area contributed by atoms with Crippen LogP contribution in [0, 0.1) is 5.82 Å². The fraction of sp³-hybridized carbons (Fsp3) is 0.556. The van der Waals surface area contributed by atoms with Crippen molar-refractivity contribution in [2.45, 2.75) is 49.5 Å². The highest BCUT2D eigenvalue weighted by Gasteiger charge is 2.42. The topological polar surface area (TPSA) is 60.0 Å². The summed E-state index contributed by atoms with van der Waals surface area (Å²) in [6, 6.07) is 6.84. The first kappa shape index (κ1) is 16.6. The Labute approximate surface area is 145 Å². The van der Waals surface area contributed by atoms with Crippen LogP contribution in [0.5, 0.6) is 0 Å². The van der Waals surface area contributed by atoms with E-state index in [9.17, 15) is 8.78 Å². The molecule has 1 aliphatic heterocycles. The Bertz CT molecular complexity index is 680. The summed E-state index contributed by atoms with van der Waals surface area (Å²) in [4.78, 5) is 6.25. The molecule has 0 bridgehead atoms. The van der Waals surface area contributed by atoms with E-state index in [0.717, 1.165) is 18.4 Å². The van der Waals surface area contributed by atoms with Gasteiger partial charge >= 0.3 is 0 Å². The van der Waals surface area contributed by atoms with Crippen LogP contribution >= 0.6 is 0 Å². The molecule has 2 aliphatic rings. The van der Waals surface area contributed by atoms with Gasteiger partial charge in [-0.2, -0.15) is 5.10 Å². The Morgan fingerprint density at radius 1 is 1.04 bits per heavy atom. The Morgan fingerprint density at radius 2 is 1.80 bits per heavy atom. The van der Waals surface area contributed by atoms with Gasteiger partial charge in [0.15, 0.2) is 0 Å². The molecule has 1 aliphatic carbocycles. The van der Waals surface area contributed by atoms with Gasteiger partial charge in [-0.15, -0.1) is 0 Å². The van der Waals surface area contributed by atoms with E-state index >= 15 is 0 Å². The van der Waals surface area contributed by atoms with Crippen molar-refractivity contribution >= 4 is 0 Å². The third-order valence-electron chi connectivity index (χ3n) is 5.54. The first-order valence-corrected chi connectivity index (χ1v) is 8.83. The Morgan fingerprint density at radius 3 is 2.48 bits per heavy atom. The molecular weight excluding hydrogens is 324 g/mol. The lowest BCUT2D eigenvalue weighted by atomic mass is 9.96. The van der Waals surface area contributed by atoms with E-state index in [2.05, 4.69) is 15.0 Å². The molecular formula is C18H23F2N5. The van der Waals surface area contributed by atoms with Crippen molar-refractivity contribution in [3.8, 4) is 0 Å². The molecule has 1 saturated heterocycles. The molecule has 3 unspecified atom stereocenters. The quantitative estimate of drug-likeness (QED) is 0.925. The Kier molecular flexibility index (Phi) is 4.52. The van der Waals surface area contributed by atoms with Crippen molar-refractivity contribution in [1.82, 2.24) is 19.7 Å². The van der Waals surface area contributed by atoms with Crippen molar-refractivity contribution in [3.05, 3.63) is 48.3 Å². The fourth-order valence-corrected chi connectivity index (χ4v) is 4.44. The van der Waals surface area contributed by atoms with Gasteiger partial charge in [0.05, 0.1) is 6.04 Å². The zero-order chi connectivity index (χ0) is 17.4. The number of aromatic nitrogens is 3. The van der Waals surface area contributed by atoms with Crippen molar-refractivity contribution in [2.75, 3.05) is 13.1 Å². The highest BCUT2D eigenvalue weighted by atomic mass is 19.1. The molecule has 2 N–H and O–H groups in total. The van der Waals surface area contributed by atoms with E-state index < -0.39 is 6.17 Å². The number of benzene rings is 1. The van der Waals surface area contributed by atoms with Gasteiger partial charge in [-0.05, 0) is 42.9 Å². The number of piperidine rings is 1. The highest BCUT2D eigenvalue weighted by Crippen LogP contribution is 2.43. The minimum Gasteiger partial charge on any atom is -0.326 e. The smallest absolute Gasteiger partial charge is 0.137 e. The van der Waals surface area contributed by atoms with E-state index in [1.807, 2.05) is 16.8 Å². The van der Waals surface area contributed by atoms with E-state index in [0.29, 0.717) is 19.5 Å². The molecule has 1 aromatic carbocycles. The molecule has 0 amide bonds. The van der Waals surface area contributed by atoms with E-state index in [4.69, 9.17) is 5.73 Å². The number of rotatable bonds is 3. The van der Waals surface area contributed by atoms with E-state index in [1.165, 1.54) is 18.5 Å². The van der Waals surface area contributed by atoms with Crippen LogP contribution in [0.1, 0.15) is 36.8 Å². The molecule has 4 rings (SSSR count). The van der Waals surface area contributed by atoms with Gasteiger partial charge in [0, 0.05) is 25.2 Å².